The maximum Gasteiger partial charge on any atom is 0.224 e. The Balaban J connectivity index is 2.86. The topological polar surface area (TPSA) is 49.8 Å². The van der Waals surface area contributed by atoms with Crippen molar-refractivity contribution in [3.05, 3.63) is 11.2 Å². The summed E-state index contributed by atoms with van der Waals surface area (Å²) in [6.45, 7) is 6.50. The molecule has 1 aromatic heterocycles. The van der Waals surface area contributed by atoms with Crippen molar-refractivity contribution in [2.75, 3.05) is 17.7 Å². The third-order valence-electron chi connectivity index (χ3n) is 2.53. The number of hydrogen-bond acceptors (Lipinski definition) is 4. The molecule has 0 amide bonds. The van der Waals surface area contributed by atoms with Crippen LogP contribution in [0.1, 0.15) is 27.2 Å². The van der Waals surface area contributed by atoms with Crippen LogP contribution in [0.25, 0.3) is 0 Å². The first-order chi connectivity index (χ1) is 7.58. The van der Waals surface area contributed by atoms with Crippen molar-refractivity contribution in [2.45, 2.75) is 33.2 Å². The van der Waals surface area contributed by atoms with Crippen molar-refractivity contribution in [3.63, 3.8) is 0 Å². The number of nitrogens with one attached hydrogen (secondary N) is 2. The maximum atomic E-state index is 6.04. The van der Waals surface area contributed by atoms with Crippen LogP contribution in [0.4, 0.5) is 11.8 Å². The molecular weight excluding hydrogens is 224 g/mol. The van der Waals surface area contributed by atoms with E-state index in [-0.39, 0.29) is 0 Å². The highest BCUT2D eigenvalue weighted by atomic mass is 35.5. The lowest BCUT2D eigenvalue weighted by Crippen LogP contribution is -2.25. The van der Waals surface area contributed by atoms with Gasteiger partial charge in [0.05, 0.1) is 6.20 Å². The average Bonchev–Trinajstić information content (AvgIpc) is 2.27. The Bertz CT molecular complexity index is 341. The highest BCUT2D eigenvalue weighted by Gasteiger charge is 2.13. The molecule has 0 radical (unpaired) electrons. The van der Waals surface area contributed by atoms with E-state index in [1.165, 1.54) is 0 Å². The summed E-state index contributed by atoms with van der Waals surface area (Å²) in [6, 6.07) is 0.372. The molecule has 90 valence electrons. The zero-order valence-electron chi connectivity index (χ0n) is 10.2. The quantitative estimate of drug-likeness (QED) is 0.834. The van der Waals surface area contributed by atoms with Crippen molar-refractivity contribution in [1.29, 1.82) is 0 Å². The lowest BCUT2D eigenvalue weighted by atomic mass is 10.0. The van der Waals surface area contributed by atoms with Gasteiger partial charge in [0.15, 0.2) is 5.82 Å². The van der Waals surface area contributed by atoms with Crippen LogP contribution in [0, 0.1) is 5.92 Å². The van der Waals surface area contributed by atoms with Crippen LogP contribution >= 0.6 is 11.6 Å². The van der Waals surface area contributed by atoms with Gasteiger partial charge >= 0.3 is 0 Å². The molecule has 0 aromatic carbocycles. The van der Waals surface area contributed by atoms with Gasteiger partial charge in [0.25, 0.3) is 0 Å². The maximum absolute atomic E-state index is 6.04. The molecule has 0 saturated carbocycles. The van der Waals surface area contributed by atoms with Crippen LogP contribution in [-0.2, 0) is 0 Å². The van der Waals surface area contributed by atoms with Crippen LogP contribution in [0.3, 0.4) is 0 Å². The predicted molar refractivity (Wildman–Crippen MR) is 69.1 cm³/mol. The minimum Gasteiger partial charge on any atom is -0.366 e. The summed E-state index contributed by atoms with van der Waals surface area (Å²) in [4.78, 5) is 8.34. The Hall–Kier alpha value is -1.03. The van der Waals surface area contributed by atoms with E-state index in [2.05, 4.69) is 41.4 Å². The van der Waals surface area contributed by atoms with Gasteiger partial charge in [0.2, 0.25) is 5.95 Å². The monoisotopic (exact) mass is 242 g/mol. The second-order valence-corrected chi connectivity index (χ2v) is 4.45. The number of hydrogen-bond donors (Lipinski definition) is 2. The molecule has 0 fully saturated rings. The summed E-state index contributed by atoms with van der Waals surface area (Å²) in [5.41, 5.74) is 0. The van der Waals surface area contributed by atoms with Gasteiger partial charge in [-0.25, -0.2) is 4.98 Å². The van der Waals surface area contributed by atoms with Gasteiger partial charge in [-0.3, -0.25) is 0 Å². The molecule has 2 N–H and O–H groups in total. The van der Waals surface area contributed by atoms with E-state index in [0.29, 0.717) is 28.7 Å². The molecule has 0 aliphatic carbocycles. The van der Waals surface area contributed by atoms with Crippen molar-refractivity contribution >= 4 is 23.4 Å². The van der Waals surface area contributed by atoms with Gasteiger partial charge in [-0.05, 0) is 12.3 Å². The molecule has 16 heavy (non-hydrogen) atoms. The summed E-state index contributed by atoms with van der Waals surface area (Å²) in [7, 11) is 1.78. The van der Waals surface area contributed by atoms with Crippen molar-refractivity contribution in [1.82, 2.24) is 9.97 Å². The smallest absolute Gasteiger partial charge is 0.224 e. The zero-order valence-corrected chi connectivity index (χ0v) is 11.0. The first-order valence-electron chi connectivity index (χ1n) is 5.55. The van der Waals surface area contributed by atoms with E-state index in [4.69, 9.17) is 11.6 Å². The van der Waals surface area contributed by atoms with Crippen molar-refractivity contribution < 1.29 is 0 Å². The Kier molecular flexibility index (Phi) is 4.80. The second-order valence-electron chi connectivity index (χ2n) is 4.04. The number of rotatable bonds is 5. The fraction of sp³-hybridized carbons (Fsp3) is 0.636. The van der Waals surface area contributed by atoms with E-state index in [0.717, 1.165) is 6.42 Å². The van der Waals surface area contributed by atoms with Gasteiger partial charge < -0.3 is 10.6 Å². The molecular formula is C11H19ClN4. The van der Waals surface area contributed by atoms with Gasteiger partial charge in [0, 0.05) is 13.1 Å². The summed E-state index contributed by atoms with van der Waals surface area (Å²) < 4.78 is 0. The molecule has 1 heterocycles. The average molecular weight is 243 g/mol. The molecule has 5 heteroatoms. The lowest BCUT2D eigenvalue weighted by molar-refractivity contribution is 0.510. The van der Waals surface area contributed by atoms with E-state index in [1.807, 2.05) is 0 Å². The largest absolute Gasteiger partial charge is 0.366 e. The summed E-state index contributed by atoms with van der Waals surface area (Å²) in [6.07, 6.45) is 2.64. The molecule has 0 bridgehead atoms. The SMILES string of the molecule is CCC(Nc1nc(NC)ncc1Cl)C(C)C. The fourth-order valence-electron chi connectivity index (χ4n) is 1.50. The Labute approximate surface area is 102 Å². The summed E-state index contributed by atoms with van der Waals surface area (Å²) >= 11 is 6.04. The van der Waals surface area contributed by atoms with Crippen LogP contribution in [0.5, 0.6) is 0 Å². The van der Waals surface area contributed by atoms with Crippen LogP contribution in [-0.4, -0.2) is 23.1 Å². The molecule has 1 aromatic rings. The van der Waals surface area contributed by atoms with Crippen LogP contribution in [0.15, 0.2) is 6.20 Å². The van der Waals surface area contributed by atoms with Gasteiger partial charge in [-0.1, -0.05) is 32.4 Å². The molecule has 1 rings (SSSR count). The third kappa shape index (κ3) is 3.23. The van der Waals surface area contributed by atoms with Crippen molar-refractivity contribution in [2.24, 2.45) is 5.92 Å². The Morgan fingerprint density at radius 3 is 2.62 bits per heavy atom. The van der Waals surface area contributed by atoms with E-state index in [1.54, 1.807) is 13.2 Å². The van der Waals surface area contributed by atoms with Gasteiger partial charge in [-0.2, -0.15) is 4.98 Å². The molecule has 0 aliphatic heterocycles. The fourth-order valence-corrected chi connectivity index (χ4v) is 1.65. The molecule has 0 aliphatic rings. The minimum atomic E-state index is 0.372. The number of nitrogens with zero attached hydrogens (tertiary/aromatic N) is 2. The normalized spacial score (nSPS) is 12.6. The summed E-state index contributed by atoms with van der Waals surface area (Å²) in [5, 5.41) is 6.80. The second kappa shape index (κ2) is 5.89. The van der Waals surface area contributed by atoms with Crippen molar-refractivity contribution in [3.8, 4) is 0 Å². The standard InChI is InChI=1S/C11H19ClN4/c1-5-9(7(2)3)15-10-8(12)6-14-11(13-4)16-10/h6-7,9H,5H2,1-4H3,(H2,13,14,15,16). The molecule has 1 unspecified atom stereocenters. The first-order valence-corrected chi connectivity index (χ1v) is 5.93. The lowest BCUT2D eigenvalue weighted by Gasteiger charge is -2.21. The Morgan fingerprint density at radius 2 is 2.12 bits per heavy atom. The van der Waals surface area contributed by atoms with Gasteiger partial charge in [0.1, 0.15) is 5.02 Å². The third-order valence-corrected chi connectivity index (χ3v) is 2.81. The zero-order chi connectivity index (χ0) is 12.1. The molecule has 4 nitrogen and oxygen atoms in total. The Morgan fingerprint density at radius 1 is 1.44 bits per heavy atom. The number of halogens is 1. The van der Waals surface area contributed by atoms with Crippen LogP contribution < -0.4 is 10.6 Å². The number of anilines is 2. The summed E-state index contributed by atoms with van der Waals surface area (Å²) in [5.74, 6) is 1.81. The van der Waals surface area contributed by atoms with E-state index >= 15 is 0 Å². The molecule has 0 spiro atoms. The molecule has 1 atom stereocenters. The van der Waals surface area contributed by atoms with E-state index < -0.39 is 0 Å². The van der Waals surface area contributed by atoms with Crippen LogP contribution in [0.2, 0.25) is 5.02 Å². The highest BCUT2D eigenvalue weighted by molar-refractivity contribution is 6.32. The predicted octanol–water partition coefficient (Wildman–Crippen LogP) is 3.02. The first kappa shape index (κ1) is 13.0. The highest BCUT2D eigenvalue weighted by Crippen LogP contribution is 2.22. The minimum absolute atomic E-state index is 0.372. The number of aromatic nitrogens is 2. The van der Waals surface area contributed by atoms with Gasteiger partial charge in [-0.15, -0.1) is 0 Å². The van der Waals surface area contributed by atoms with E-state index in [9.17, 15) is 0 Å². The molecule has 0 saturated heterocycles.